The molecule has 9 aromatic carbocycles. The Bertz CT molecular complexity index is 3480. The molecule has 0 saturated heterocycles. The monoisotopic (exact) mass is 774 g/mol. The molecular formula is C54H34N2S2. The zero-order valence-corrected chi connectivity index (χ0v) is 33.0. The number of aromatic nitrogens is 1. The summed E-state index contributed by atoms with van der Waals surface area (Å²) in [6, 6.07) is 75.6. The average Bonchev–Trinajstić information content (AvgIpc) is 3.98. The Morgan fingerprint density at radius 3 is 1.74 bits per heavy atom. The maximum atomic E-state index is 2.53. The first-order valence-corrected chi connectivity index (χ1v) is 21.3. The van der Waals surface area contributed by atoms with Crippen LogP contribution in [0, 0.1) is 0 Å². The van der Waals surface area contributed by atoms with Crippen LogP contribution in [0.25, 0.3) is 90.1 Å². The molecule has 3 aromatic heterocycles. The van der Waals surface area contributed by atoms with E-state index in [9.17, 15) is 0 Å². The molecular weight excluding hydrogens is 741 g/mol. The molecule has 0 aliphatic heterocycles. The SMILES string of the molecule is c1ccc(-c2ccc(N(c3cccc(-c4ccccc4-n4c5ccccc5c5ccccc54)c3)c3cccc4c3sc3ccccc34)c3c2sc2ccccc23)cc1. The van der Waals surface area contributed by atoms with E-state index in [4.69, 9.17) is 0 Å². The lowest BCUT2D eigenvalue weighted by Crippen LogP contribution is -2.11. The molecule has 0 fully saturated rings. The summed E-state index contributed by atoms with van der Waals surface area (Å²) >= 11 is 3.77. The number of para-hydroxylation sites is 3. The second-order valence-corrected chi connectivity index (χ2v) is 16.9. The van der Waals surface area contributed by atoms with Crippen molar-refractivity contribution in [2.75, 3.05) is 4.90 Å². The normalized spacial score (nSPS) is 11.8. The number of rotatable bonds is 6. The van der Waals surface area contributed by atoms with E-state index in [0.29, 0.717) is 0 Å². The van der Waals surface area contributed by atoms with Crippen molar-refractivity contribution < 1.29 is 0 Å². The van der Waals surface area contributed by atoms with Crippen molar-refractivity contribution in [3.63, 3.8) is 0 Å². The Morgan fingerprint density at radius 1 is 0.362 bits per heavy atom. The lowest BCUT2D eigenvalue weighted by atomic mass is 9.99. The Morgan fingerprint density at radius 2 is 0.948 bits per heavy atom. The van der Waals surface area contributed by atoms with Gasteiger partial charge in [-0.3, -0.25) is 0 Å². The summed E-state index contributed by atoms with van der Waals surface area (Å²) in [6.07, 6.45) is 0. The van der Waals surface area contributed by atoms with Crippen LogP contribution in [0.2, 0.25) is 0 Å². The Balaban J connectivity index is 1.14. The van der Waals surface area contributed by atoms with E-state index in [1.54, 1.807) is 0 Å². The van der Waals surface area contributed by atoms with Gasteiger partial charge in [0.2, 0.25) is 0 Å². The van der Waals surface area contributed by atoms with E-state index in [2.05, 4.69) is 216 Å². The number of anilines is 3. The molecule has 0 radical (unpaired) electrons. The third-order valence-electron chi connectivity index (χ3n) is 11.6. The molecule has 0 N–H and O–H groups in total. The zero-order chi connectivity index (χ0) is 38.2. The van der Waals surface area contributed by atoms with E-state index in [0.717, 1.165) is 16.9 Å². The Labute approximate surface area is 343 Å². The lowest BCUT2D eigenvalue weighted by molar-refractivity contribution is 1.18. The summed E-state index contributed by atoms with van der Waals surface area (Å²) in [5.74, 6) is 0. The van der Waals surface area contributed by atoms with E-state index >= 15 is 0 Å². The Kier molecular flexibility index (Phi) is 7.62. The molecule has 4 heteroatoms. The molecule has 0 unspecified atom stereocenters. The van der Waals surface area contributed by atoms with Crippen LogP contribution in [-0.2, 0) is 0 Å². The van der Waals surface area contributed by atoms with Gasteiger partial charge < -0.3 is 9.47 Å². The first-order valence-electron chi connectivity index (χ1n) is 19.7. The van der Waals surface area contributed by atoms with Crippen LogP contribution in [0.3, 0.4) is 0 Å². The van der Waals surface area contributed by atoms with Crippen molar-refractivity contribution in [2.24, 2.45) is 0 Å². The highest BCUT2D eigenvalue weighted by Gasteiger charge is 2.24. The third kappa shape index (κ3) is 5.09. The molecule has 58 heavy (non-hydrogen) atoms. The molecule has 12 rings (SSSR count). The third-order valence-corrected chi connectivity index (χ3v) is 14.0. The van der Waals surface area contributed by atoms with Crippen molar-refractivity contribution in [3.8, 4) is 27.9 Å². The molecule has 12 aromatic rings. The van der Waals surface area contributed by atoms with Gasteiger partial charge in [0.1, 0.15) is 0 Å². The van der Waals surface area contributed by atoms with Gasteiger partial charge in [-0.05, 0) is 71.3 Å². The number of benzene rings is 9. The molecule has 0 spiro atoms. The number of thiophene rings is 2. The smallest absolute Gasteiger partial charge is 0.0640 e. The summed E-state index contributed by atoms with van der Waals surface area (Å²) in [4.78, 5) is 2.53. The topological polar surface area (TPSA) is 8.17 Å². The zero-order valence-electron chi connectivity index (χ0n) is 31.3. The summed E-state index contributed by atoms with van der Waals surface area (Å²) in [5.41, 5.74) is 11.9. The molecule has 0 saturated carbocycles. The second-order valence-electron chi connectivity index (χ2n) is 14.8. The van der Waals surface area contributed by atoms with Crippen LogP contribution in [-0.4, -0.2) is 4.57 Å². The lowest BCUT2D eigenvalue weighted by Gasteiger charge is -2.28. The highest BCUT2D eigenvalue weighted by atomic mass is 32.1. The van der Waals surface area contributed by atoms with Gasteiger partial charge in [-0.25, -0.2) is 0 Å². The van der Waals surface area contributed by atoms with Crippen molar-refractivity contribution >= 4 is 102 Å². The van der Waals surface area contributed by atoms with Crippen LogP contribution in [0.1, 0.15) is 0 Å². The number of hydrogen-bond donors (Lipinski definition) is 0. The van der Waals surface area contributed by atoms with Gasteiger partial charge >= 0.3 is 0 Å². The minimum Gasteiger partial charge on any atom is -0.309 e. The summed E-state index contributed by atoms with van der Waals surface area (Å²) in [6.45, 7) is 0. The number of fused-ring (bicyclic) bond motifs is 9. The molecule has 0 bridgehead atoms. The van der Waals surface area contributed by atoms with E-state index in [-0.39, 0.29) is 0 Å². The number of hydrogen-bond acceptors (Lipinski definition) is 3. The van der Waals surface area contributed by atoms with Gasteiger partial charge in [0.15, 0.2) is 0 Å². The van der Waals surface area contributed by atoms with Crippen LogP contribution in [0.4, 0.5) is 17.1 Å². The average molecular weight is 775 g/mol. The van der Waals surface area contributed by atoms with Crippen LogP contribution >= 0.6 is 22.7 Å². The molecule has 2 nitrogen and oxygen atoms in total. The van der Waals surface area contributed by atoms with E-state index < -0.39 is 0 Å². The van der Waals surface area contributed by atoms with Gasteiger partial charge in [0.25, 0.3) is 0 Å². The van der Waals surface area contributed by atoms with Crippen LogP contribution in [0.5, 0.6) is 0 Å². The second kappa shape index (κ2) is 13.3. The van der Waals surface area contributed by atoms with Gasteiger partial charge in [-0.1, -0.05) is 152 Å². The van der Waals surface area contributed by atoms with E-state index in [1.807, 2.05) is 22.7 Å². The van der Waals surface area contributed by atoms with Gasteiger partial charge in [-0.2, -0.15) is 0 Å². The first kappa shape index (κ1) is 33.2. The summed E-state index contributed by atoms with van der Waals surface area (Å²) in [7, 11) is 0. The van der Waals surface area contributed by atoms with Crippen molar-refractivity contribution in [1.29, 1.82) is 0 Å². The number of nitrogens with zero attached hydrogens (tertiary/aromatic N) is 2. The predicted molar refractivity (Wildman–Crippen MR) is 252 cm³/mol. The standard InChI is InChI=1S/C54H34N2S2/c1-2-16-35(17-3-1)39-32-33-48(52-44-24-8-13-31-51(44)58-54(39)52)55(49-29-15-25-43-42-23-7-12-30-50(42)57-53(43)49)37-19-14-18-36(34-37)38-20-4-9-26-45(38)56-46-27-10-5-21-40(46)41-22-6-11-28-47(41)56/h1-34H. The molecule has 3 heterocycles. The highest BCUT2D eigenvalue weighted by Crippen LogP contribution is 2.51. The quantitative estimate of drug-likeness (QED) is 0.163. The maximum absolute atomic E-state index is 2.53. The molecule has 0 atom stereocenters. The fourth-order valence-corrected chi connectivity index (χ4v) is 11.5. The van der Waals surface area contributed by atoms with Gasteiger partial charge in [0.05, 0.1) is 32.8 Å². The van der Waals surface area contributed by atoms with Crippen LogP contribution in [0.15, 0.2) is 206 Å². The first-order chi connectivity index (χ1) is 28.8. The molecule has 0 aliphatic rings. The van der Waals surface area contributed by atoms with Gasteiger partial charge in [0, 0.05) is 57.7 Å². The summed E-state index contributed by atoms with van der Waals surface area (Å²) < 4.78 is 7.59. The van der Waals surface area contributed by atoms with Crippen molar-refractivity contribution in [3.05, 3.63) is 206 Å². The fourth-order valence-electron chi connectivity index (χ4n) is 9.07. The predicted octanol–water partition coefficient (Wildman–Crippen LogP) is 16.3. The highest BCUT2D eigenvalue weighted by molar-refractivity contribution is 7.27. The van der Waals surface area contributed by atoms with Crippen molar-refractivity contribution in [1.82, 2.24) is 4.57 Å². The maximum Gasteiger partial charge on any atom is 0.0640 e. The van der Waals surface area contributed by atoms with Crippen LogP contribution < -0.4 is 4.90 Å². The molecule has 272 valence electrons. The minimum atomic E-state index is 1.11. The summed E-state index contributed by atoms with van der Waals surface area (Å²) in [5, 5.41) is 7.64. The Hall–Kier alpha value is -6.98. The largest absolute Gasteiger partial charge is 0.309 e. The van der Waals surface area contributed by atoms with Crippen molar-refractivity contribution in [2.45, 2.75) is 0 Å². The minimum absolute atomic E-state index is 1.11. The van der Waals surface area contributed by atoms with E-state index in [1.165, 1.54) is 90.2 Å². The molecule has 0 amide bonds. The molecule has 0 aliphatic carbocycles. The fraction of sp³-hybridized carbons (Fsp3) is 0. The van der Waals surface area contributed by atoms with Gasteiger partial charge in [-0.15, -0.1) is 22.7 Å².